The van der Waals surface area contributed by atoms with Crippen LogP contribution in [0.5, 0.6) is 5.75 Å². The number of piperazine rings is 1. The van der Waals surface area contributed by atoms with Gasteiger partial charge >= 0.3 is 6.18 Å². The highest BCUT2D eigenvalue weighted by Gasteiger charge is 2.39. The van der Waals surface area contributed by atoms with Gasteiger partial charge in [0.25, 0.3) is 0 Å². The molecule has 1 atom stereocenters. The van der Waals surface area contributed by atoms with Gasteiger partial charge in [0, 0.05) is 44.2 Å². The Morgan fingerprint density at radius 1 is 1.18 bits per heavy atom. The number of phenols is 1. The van der Waals surface area contributed by atoms with Crippen molar-refractivity contribution in [3.63, 3.8) is 0 Å². The van der Waals surface area contributed by atoms with Crippen LogP contribution in [0, 0.1) is 0 Å². The van der Waals surface area contributed by atoms with Crippen LogP contribution in [0.15, 0.2) is 47.9 Å². The smallest absolute Gasteiger partial charge is 0.420 e. The minimum atomic E-state index is -4.53. The Hall–Kier alpha value is -2.63. The minimum Gasteiger partial charge on any atom is -0.508 e. The number of aromatic hydroxyl groups is 1. The fourth-order valence-corrected chi connectivity index (χ4v) is 5.72. The molecule has 0 bridgehead atoms. The Bertz CT molecular complexity index is 1100. The second-order valence-corrected chi connectivity index (χ2v) is 11.8. The van der Waals surface area contributed by atoms with Crippen LogP contribution in [0.25, 0.3) is 0 Å². The Morgan fingerprint density at radius 3 is 2.27 bits per heavy atom. The van der Waals surface area contributed by atoms with Crippen molar-refractivity contribution in [2.24, 2.45) is 0 Å². The summed E-state index contributed by atoms with van der Waals surface area (Å²) in [7, 11) is 0. The molecule has 0 spiro atoms. The molecule has 0 radical (unpaired) electrons. The third-order valence-electron chi connectivity index (χ3n) is 6.88. The predicted octanol–water partition coefficient (Wildman–Crippen LogP) is 5.74. The minimum absolute atomic E-state index is 0.0804. The summed E-state index contributed by atoms with van der Waals surface area (Å²) < 4.78 is 45.7. The van der Waals surface area contributed by atoms with Gasteiger partial charge in [-0.25, -0.2) is 0 Å². The highest BCUT2D eigenvalue weighted by molar-refractivity contribution is 7.99. The summed E-state index contributed by atoms with van der Waals surface area (Å²) in [6.45, 7) is 17.5. The first kappa shape index (κ1) is 31.9. The summed E-state index contributed by atoms with van der Waals surface area (Å²) >= 11 is 1.40. The molecular formula is C29H41F3N4O3S. The highest BCUT2D eigenvalue weighted by Crippen LogP contribution is 2.37. The first-order chi connectivity index (χ1) is 18.8. The summed E-state index contributed by atoms with van der Waals surface area (Å²) in [5, 5.41) is 16.2. The van der Waals surface area contributed by atoms with Gasteiger partial charge in [-0.15, -0.1) is 0 Å². The summed E-state index contributed by atoms with van der Waals surface area (Å²) in [4.78, 5) is 17.4. The van der Waals surface area contributed by atoms with Crippen LogP contribution < -0.4 is 10.6 Å². The lowest BCUT2D eigenvalue weighted by Gasteiger charge is -2.34. The average molecular weight is 583 g/mol. The lowest BCUT2D eigenvalue weighted by molar-refractivity contribution is -0.117. The number of anilines is 1. The fraction of sp³-hybridized carbons (Fsp3) is 0.552. The number of ether oxygens (including phenoxy) is 1. The lowest BCUT2D eigenvalue weighted by Crippen LogP contribution is -2.49. The number of thioether (sulfide) groups is 1. The van der Waals surface area contributed by atoms with Gasteiger partial charge in [-0.05, 0) is 42.0 Å². The van der Waals surface area contributed by atoms with Crippen molar-refractivity contribution in [1.29, 1.82) is 0 Å². The number of nitrogens with one attached hydrogen (secondary N) is 2. The molecule has 2 aliphatic rings. The van der Waals surface area contributed by atoms with Gasteiger partial charge in [0.15, 0.2) is 5.76 Å². The maximum Gasteiger partial charge on any atom is 0.420 e. The molecule has 2 aliphatic heterocycles. The molecule has 3 N–H and O–H groups in total. The van der Waals surface area contributed by atoms with E-state index in [1.165, 1.54) is 24.8 Å². The monoisotopic (exact) mass is 582 g/mol. The first-order valence-corrected chi connectivity index (χ1v) is 14.6. The molecule has 0 saturated carbocycles. The highest BCUT2D eigenvalue weighted by atomic mass is 32.2. The van der Waals surface area contributed by atoms with Crippen LogP contribution >= 0.6 is 11.8 Å². The van der Waals surface area contributed by atoms with Crippen LogP contribution in [0.2, 0.25) is 0 Å². The van der Waals surface area contributed by atoms with Crippen molar-refractivity contribution in [2.75, 3.05) is 50.3 Å². The van der Waals surface area contributed by atoms with E-state index in [4.69, 9.17) is 4.74 Å². The molecule has 1 aromatic carbocycles. The number of alkyl halides is 3. The molecule has 0 aliphatic carbocycles. The molecule has 3 rings (SSSR count). The standard InChI is InChI=1S/C29H41F3N4O3S/c1-7-8-24(29(30,31)32)27-20(6)33-28(39-27)40-14-13-35-9-11-36(12-10-35)17-25(38)34-26-22(18(2)3)15-21(37)16-23(26)19(4)5/h7-8,15-16,18-19,28,33,37H,6,9-14,17H2,1-5H3,(H,34,38)/b8-7-,27-24-. The number of phenolic OH excluding ortho intramolecular Hbond substituents is 1. The van der Waals surface area contributed by atoms with Crippen molar-refractivity contribution in [2.45, 2.75) is 58.2 Å². The van der Waals surface area contributed by atoms with E-state index >= 15 is 0 Å². The van der Waals surface area contributed by atoms with E-state index in [9.17, 15) is 23.1 Å². The Morgan fingerprint density at radius 2 is 1.75 bits per heavy atom. The Kier molecular flexibility index (Phi) is 11.0. The zero-order valence-corrected chi connectivity index (χ0v) is 24.7. The number of hydrogen-bond acceptors (Lipinski definition) is 7. The molecule has 7 nitrogen and oxygen atoms in total. The molecule has 2 heterocycles. The van der Waals surface area contributed by atoms with Gasteiger partial charge in [0.1, 0.15) is 5.75 Å². The largest absolute Gasteiger partial charge is 0.508 e. The fourth-order valence-electron chi connectivity index (χ4n) is 4.75. The van der Waals surface area contributed by atoms with Crippen molar-refractivity contribution < 1.29 is 27.8 Å². The topological polar surface area (TPSA) is 77.1 Å². The van der Waals surface area contributed by atoms with Crippen LogP contribution in [0.3, 0.4) is 0 Å². The molecule has 1 unspecified atom stereocenters. The van der Waals surface area contributed by atoms with Crippen LogP contribution in [0.4, 0.5) is 18.9 Å². The van der Waals surface area contributed by atoms with E-state index in [-0.39, 0.29) is 41.5 Å². The molecular weight excluding hydrogens is 541 g/mol. The quantitative estimate of drug-likeness (QED) is 0.304. The number of amides is 1. The normalized spacial score (nSPS) is 20.4. The molecule has 40 heavy (non-hydrogen) atoms. The number of carbonyl (C=O) groups excluding carboxylic acids is 1. The summed E-state index contributed by atoms with van der Waals surface area (Å²) in [6, 6.07) is 3.44. The van der Waals surface area contributed by atoms with Gasteiger partial charge < -0.3 is 20.5 Å². The zero-order valence-electron chi connectivity index (χ0n) is 23.9. The van der Waals surface area contributed by atoms with Crippen molar-refractivity contribution in [3.8, 4) is 5.75 Å². The van der Waals surface area contributed by atoms with E-state index in [0.29, 0.717) is 5.75 Å². The first-order valence-electron chi connectivity index (χ1n) is 13.6. The molecule has 1 aromatic rings. The molecule has 2 saturated heterocycles. The molecule has 11 heteroatoms. The van der Waals surface area contributed by atoms with Gasteiger partial charge in [-0.1, -0.05) is 58.2 Å². The maximum absolute atomic E-state index is 13.4. The third-order valence-corrected chi connectivity index (χ3v) is 7.81. The van der Waals surface area contributed by atoms with Crippen LogP contribution in [-0.2, 0) is 9.53 Å². The zero-order chi connectivity index (χ0) is 29.6. The molecule has 1 amide bonds. The van der Waals surface area contributed by atoms with Gasteiger partial charge in [0.2, 0.25) is 11.5 Å². The maximum atomic E-state index is 13.4. The van der Waals surface area contributed by atoms with Crippen molar-refractivity contribution in [1.82, 2.24) is 15.1 Å². The van der Waals surface area contributed by atoms with Gasteiger partial charge in [0.05, 0.1) is 17.8 Å². The van der Waals surface area contributed by atoms with Gasteiger partial charge in [-0.3, -0.25) is 14.6 Å². The predicted molar refractivity (Wildman–Crippen MR) is 155 cm³/mol. The van der Waals surface area contributed by atoms with Crippen LogP contribution in [-0.4, -0.2) is 77.6 Å². The van der Waals surface area contributed by atoms with E-state index in [2.05, 4.69) is 27.0 Å². The van der Waals surface area contributed by atoms with Gasteiger partial charge in [-0.2, -0.15) is 13.2 Å². The third kappa shape index (κ3) is 8.44. The van der Waals surface area contributed by atoms with Crippen molar-refractivity contribution >= 4 is 23.4 Å². The molecule has 0 aromatic heterocycles. The average Bonchev–Trinajstić information content (AvgIpc) is 3.22. The number of rotatable bonds is 10. The molecule has 2 fully saturated rings. The lowest BCUT2D eigenvalue weighted by atomic mass is 9.92. The SMILES string of the molecule is C=C1NC(SCCN2CCN(CC(=O)Nc3c(C(C)C)cc(O)cc3C(C)C)CC2)O/C1=C(/C=C\C)C(F)(F)F. The van der Waals surface area contributed by atoms with E-state index in [0.717, 1.165) is 55.6 Å². The Labute approximate surface area is 239 Å². The number of carbonyl (C=O) groups is 1. The van der Waals surface area contributed by atoms with E-state index in [1.807, 2.05) is 27.7 Å². The number of nitrogens with zero attached hydrogens (tertiary/aromatic N) is 2. The second-order valence-electron chi connectivity index (χ2n) is 10.7. The summed E-state index contributed by atoms with van der Waals surface area (Å²) in [6.07, 6.45) is -2.21. The van der Waals surface area contributed by atoms with Crippen molar-refractivity contribution in [3.05, 3.63) is 59.0 Å². The van der Waals surface area contributed by atoms with E-state index < -0.39 is 17.3 Å². The Balaban J connectivity index is 1.46. The second kappa shape index (κ2) is 13.8. The molecule has 222 valence electrons. The van der Waals surface area contributed by atoms with Crippen LogP contribution in [0.1, 0.15) is 57.6 Å². The summed E-state index contributed by atoms with van der Waals surface area (Å²) in [5.74, 6) is 0.821. The van der Waals surface area contributed by atoms with E-state index in [1.54, 1.807) is 12.1 Å². The number of allylic oxidation sites excluding steroid dienone is 3. The summed E-state index contributed by atoms with van der Waals surface area (Å²) in [5.41, 5.74) is 1.29. The number of hydrogen-bond donors (Lipinski definition) is 3. The number of benzene rings is 1. The number of halogens is 3.